The average Bonchev–Trinajstić information content (AvgIpc) is 3.45. The number of amides is 1. The van der Waals surface area contributed by atoms with Crippen molar-refractivity contribution in [3.63, 3.8) is 0 Å². The minimum Gasteiger partial charge on any atom is -0.353 e. The smallest absolute Gasteiger partial charge is 0.254 e. The second-order valence-electron chi connectivity index (χ2n) is 7.31. The van der Waals surface area contributed by atoms with E-state index in [0.29, 0.717) is 5.02 Å². The average molecular weight is 454 g/mol. The van der Waals surface area contributed by atoms with Gasteiger partial charge in [0.25, 0.3) is 5.91 Å². The molecule has 32 heavy (non-hydrogen) atoms. The molecular formula is C25H32ClN5O. The molecule has 3 heterocycles. The summed E-state index contributed by atoms with van der Waals surface area (Å²) in [7, 11) is 2.09. The van der Waals surface area contributed by atoms with Gasteiger partial charge in [0.1, 0.15) is 5.69 Å². The number of H-pyrrole nitrogens is 2. The van der Waals surface area contributed by atoms with E-state index in [0.717, 1.165) is 64.9 Å². The number of nitrogens with zero attached hydrogens (tertiary/aromatic N) is 3. The van der Waals surface area contributed by atoms with Crippen LogP contribution in [-0.2, 0) is 0 Å². The van der Waals surface area contributed by atoms with Crippen LogP contribution in [0.2, 0.25) is 5.02 Å². The van der Waals surface area contributed by atoms with E-state index in [1.807, 2.05) is 75.1 Å². The molecule has 0 spiro atoms. The van der Waals surface area contributed by atoms with E-state index in [1.165, 1.54) is 0 Å². The normalized spacial score (nSPS) is 14.0. The van der Waals surface area contributed by atoms with Crippen LogP contribution < -0.4 is 0 Å². The number of likely N-dealkylation sites (N-methyl/N-ethyl adjacent to an activating group) is 1. The van der Waals surface area contributed by atoms with Crippen molar-refractivity contribution in [2.45, 2.75) is 27.7 Å². The molecule has 4 aromatic rings. The Morgan fingerprint density at radius 2 is 1.66 bits per heavy atom. The van der Waals surface area contributed by atoms with Crippen LogP contribution >= 0.6 is 11.6 Å². The lowest BCUT2D eigenvalue weighted by atomic mass is 10.1. The van der Waals surface area contributed by atoms with Crippen LogP contribution in [0.25, 0.3) is 33.2 Å². The number of fused-ring (bicyclic) bond motifs is 2. The Bertz CT molecular complexity index is 1190. The van der Waals surface area contributed by atoms with Gasteiger partial charge in [0.2, 0.25) is 0 Å². The molecule has 0 atom stereocenters. The summed E-state index contributed by atoms with van der Waals surface area (Å²) in [5.41, 5.74) is 4.24. The Hall–Kier alpha value is -2.83. The van der Waals surface area contributed by atoms with E-state index >= 15 is 0 Å². The highest BCUT2D eigenvalue weighted by molar-refractivity contribution is 6.31. The summed E-state index contributed by atoms with van der Waals surface area (Å²) < 4.78 is 0. The summed E-state index contributed by atoms with van der Waals surface area (Å²) in [4.78, 5) is 20.7. The molecule has 2 aromatic carbocycles. The van der Waals surface area contributed by atoms with Crippen LogP contribution in [0.3, 0.4) is 0 Å². The van der Waals surface area contributed by atoms with Gasteiger partial charge in [0.15, 0.2) is 0 Å². The van der Waals surface area contributed by atoms with Crippen molar-refractivity contribution in [2.24, 2.45) is 0 Å². The predicted octanol–water partition coefficient (Wildman–Crippen LogP) is 5.80. The molecule has 1 aliphatic heterocycles. The first-order chi connectivity index (χ1) is 15.6. The zero-order chi connectivity index (χ0) is 23.3. The van der Waals surface area contributed by atoms with Gasteiger partial charge >= 0.3 is 0 Å². The SMILES string of the molecule is CC.CC.CN1CCN(C(=O)c2cccc3[nH]c(-c4n[nH]c5cc(Cl)ccc45)cc23)CC1. The number of hydrogen-bond donors (Lipinski definition) is 2. The molecule has 0 aliphatic carbocycles. The van der Waals surface area contributed by atoms with Gasteiger partial charge in [0.05, 0.1) is 11.2 Å². The van der Waals surface area contributed by atoms with Gasteiger partial charge in [-0.25, -0.2) is 0 Å². The van der Waals surface area contributed by atoms with E-state index in [9.17, 15) is 4.79 Å². The van der Waals surface area contributed by atoms with Crippen LogP contribution in [-0.4, -0.2) is 64.1 Å². The zero-order valence-corrected chi connectivity index (χ0v) is 20.3. The van der Waals surface area contributed by atoms with Gasteiger partial charge in [-0.1, -0.05) is 45.4 Å². The maximum Gasteiger partial charge on any atom is 0.254 e. The zero-order valence-electron chi connectivity index (χ0n) is 19.5. The summed E-state index contributed by atoms with van der Waals surface area (Å²) in [5.74, 6) is 0.0860. The van der Waals surface area contributed by atoms with Crippen LogP contribution in [0, 0.1) is 0 Å². The Kier molecular flexibility index (Phi) is 7.94. The van der Waals surface area contributed by atoms with Gasteiger partial charge in [-0.05, 0) is 43.4 Å². The lowest BCUT2D eigenvalue weighted by Crippen LogP contribution is -2.47. The van der Waals surface area contributed by atoms with Crippen molar-refractivity contribution in [1.82, 2.24) is 25.0 Å². The first-order valence-electron chi connectivity index (χ1n) is 11.3. The first kappa shape index (κ1) is 23.8. The first-order valence-corrected chi connectivity index (χ1v) is 11.7. The molecule has 2 aromatic heterocycles. The molecular weight excluding hydrogens is 422 g/mol. The molecule has 170 valence electrons. The molecule has 1 aliphatic rings. The van der Waals surface area contributed by atoms with E-state index in [1.54, 1.807) is 0 Å². The fourth-order valence-corrected chi connectivity index (χ4v) is 4.02. The number of nitrogens with one attached hydrogen (secondary N) is 2. The van der Waals surface area contributed by atoms with Crippen LogP contribution in [0.4, 0.5) is 0 Å². The number of benzene rings is 2. The molecule has 0 unspecified atom stereocenters. The number of hydrogen-bond acceptors (Lipinski definition) is 3. The second kappa shape index (κ2) is 10.7. The van der Waals surface area contributed by atoms with Crippen molar-refractivity contribution < 1.29 is 4.79 Å². The number of piperazine rings is 1. The molecule has 0 bridgehead atoms. The third-order valence-corrected chi connectivity index (χ3v) is 5.70. The maximum atomic E-state index is 13.1. The van der Waals surface area contributed by atoms with E-state index in [4.69, 9.17) is 11.6 Å². The Labute approximate surface area is 194 Å². The highest BCUT2D eigenvalue weighted by atomic mass is 35.5. The maximum absolute atomic E-state index is 13.1. The summed E-state index contributed by atoms with van der Waals surface area (Å²) in [6.07, 6.45) is 0. The van der Waals surface area contributed by atoms with E-state index < -0.39 is 0 Å². The third kappa shape index (κ3) is 4.66. The largest absolute Gasteiger partial charge is 0.353 e. The van der Waals surface area contributed by atoms with Gasteiger partial charge in [-0.2, -0.15) is 5.10 Å². The van der Waals surface area contributed by atoms with Crippen molar-refractivity contribution in [3.8, 4) is 11.4 Å². The molecule has 7 heteroatoms. The molecule has 1 amide bonds. The lowest BCUT2D eigenvalue weighted by molar-refractivity contribution is 0.0666. The Morgan fingerprint density at radius 3 is 2.38 bits per heavy atom. The molecule has 0 radical (unpaired) electrons. The van der Waals surface area contributed by atoms with Crippen LogP contribution in [0.5, 0.6) is 0 Å². The highest BCUT2D eigenvalue weighted by Crippen LogP contribution is 2.31. The number of aromatic nitrogens is 3. The van der Waals surface area contributed by atoms with Crippen molar-refractivity contribution in [2.75, 3.05) is 33.2 Å². The van der Waals surface area contributed by atoms with Crippen molar-refractivity contribution in [1.29, 1.82) is 0 Å². The molecule has 1 fully saturated rings. The van der Waals surface area contributed by atoms with E-state index in [-0.39, 0.29) is 5.91 Å². The number of halogens is 1. The summed E-state index contributed by atoms with van der Waals surface area (Å²) >= 11 is 6.08. The monoisotopic (exact) mass is 453 g/mol. The van der Waals surface area contributed by atoms with Gasteiger partial charge in [-0.15, -0.1) is 0 Å². The lowest BCUT2D eigenvalue weighted by Gasteiger charge is -2.32. The second-order valence-corrected chi connectivity index (χ2v) is 7.74. The topological polar surface area (TPSA) is 68.0 Å². The minimum atomic E-state index is 0.0860. The molecule has 0 saturated carbocycles. The molecule has 2 N–H and O–H groups in total. The molecule has 1 saturated heterocycles. The van der Waals surface area contributed by atoms with Crippen molar-refractivity contribution in [3.05, 3.63) is 53.1 Å². The van der Waals surface area contributed by atoms with E-state index in [2.05, 4.69) is 27.1 Å². The van der Waals surface area contributed by atoms with Crippen LogP contribution in [0.1, 0.15) is 38.1 Å². The Morgan fingerprint density at radius 1 is 0.938 bits per heavy atom. The highest BCUT2D eigenvalue weighted by Gasteiger charge is 2.23. The third-order valence-electron chi connectivity index (χ3n) is 5.47. The number of carbonyl (C=O) groups is 1. The van der Waals surface area contributed by atoms with Crippen LogP contribution in [0.15, 0.2) is 42.5 Å². The number of rotatable bonds is 2. The Balaban J connectivity index is 0.000000686. The summed E-state index contributed by atoms with van der Waals surface area (Å²) in [6, 6.07) is 13.5. The summed E-state index contributed by atoms with van der Waals surface area (Å²) in [6.45, 7) is 11.3. The number of aromatic amines is 2. The van der Waals surface area contributed by atoms with Gasteiger partial charge < -0.3 is 14.8 Å². The van der Waals surface area contributed by atoms with Gasteiger partial charge in [0, 0.05) is 53.1 Å². The molecule has 5 rings (SSSR count). The fourth-order valence-electron chi connectivity index (χ4n) is 3.85. The van der Waals surface area contributed by atoms with Gasteiger partial charge in [-0.3, -0.25) is 9.89 Å². The fraction of sp³-hybridized carbons (Fsp3) is 0.360. The minimum absolute atomic E-state index is 0.0860. The summed E-state index contributed by atoms with van der Waals surface area (Å²) in [5, 5.41) is 10.1. The standard InChI is InChI=1S/C21H20ClN5O.2C2H6/c1-26-7-9-27(10-8-26)21(28)14-3-2-4-17-16(14)12-19(23-17)20-15-6-5-13(22)11-18(15)24-25-20;2*1-2/h2-6,11-12,23H,7-10H2,1H3,(H,24,25);2*1-2H3. The quantitative estimate of drug-likeness (QED) is 0.402. The number of carbonyl (C=O) groups excluding carboxylic acids is 1. The van der Waals surface area contributed by atoms with Crippen molar-refractivity contribution >= 4 is 39.3 Å². The predicted molar refractivity (Wildman–Crippen MR) is 134 cm³/mol. The molecule has 6 nitrogen and oxygen atoms in total.